The molecule has 1 aliphatic heterocycles. The van der Waals surface area contributed by atoms with E-state index in [0.29, 0.717) is 23.9 Å². The summed E-state index contributed by atoms with van der Waals surface area (Å²) in [5.74, 6) is 1.06. The summed E-state index contributed by atoms with van der Waals surface area (Å²) in [4.78, 5) is 27.5. The van der Waals surface area contributed by atoms with E-state index in [1.165, 1.54) is 17.7 Å². The predicted molar refractivity (Wildman–Crippen MR) is 154 cm³/mol. The van der Waals surface area contributed by atoms with E-state index < -0.39 is 4.92 Å². The summed E-state index contributed by atoms with van der Waals surface area (Å²) >= 11 is 0. The van der Waals surface area contributed by atoms with Gasteiger partial charge in [0.15, 0.2) is 0 Å². The maximum Gasteiger partial charge on any atom is 0.410 e. The number of halogens is 2. The van der Waals surface area contributed by atoms with Gasteiger partial charge in [0.25, 0.3) is 5.69 Å². The van der Waals surface area contributed by atoms with Gasteiger partial charge in [0.05, 0.1) is 4.92 Å². The Labute approximate surface area is 237 Å². The smallest absolute Gasteiger partial charge is 0.410 e. The average molecular weight is 566 g/mol. The van der Waals surface area contributed by atoms with Gasteiger partial charge < -0.3 is 20.3 Å². The molecule has 2 fully saturated rings. The molecule has 0 unspecified atom stereocenters. The van der Waals surface area contributed by atoms with Crippen molar-refractivity contribution in [1.29, 1.82) is 0 Å². The van der Waals surface area contributed by atoms with Gasteiger partial charge in [-0.15, -0.1) is 31.4 Å². The van der Waals surface area contributed by atoms with Gasteiger partial charge in [-0.25, -0.2) is 4.79 Å². The molecule has 0 bridgehead atoms. The molecule has 1 saturated carbocycles. The normalized spacial score (nSPS) is 21.6. The van der Waals surface area contributed by atoms with Crippen molar-refractivity contribution in [3.05, 3.63) is 88.5 Å². The Morgan fingerprint density at radius 3 is 2.37 bits per heavy atom. The maximum atomic E-state index is 12.9. The molecule has 1 amide bonds. The molecule has 2 N–H and O–H groups in total. The number of hydrogen-bond acceptors (Lipinski definition) is 6. The molecule has 0 aromatic heterocycles. The van der Waals surface area contributed by atoms with Gasteiger partial charge in [-0.1, -0.05) is 36.4 Å². The molecule has 0 spiro atoms. The number of nitro benzene ring substituents is 1. The number of benzene rings is 2. The molecule has 3 atom stereocenters. The van der Waals surface area contributed by atoms with Crippen molar-refractivity contribution in [1.82, 2.24) is 9.80 Å². The Kier molecular flexibility index (Phi) is 12.5. The number of nitrogens with two attached hydrogens (primary N) is 1. The van der Waals surface area contributed by atoms with Crippen LogP contribution < -0.4 is 5.73 Å². The van der Waals surface area contributed by atoms with Crippen LogP contribution in [0, 0.1) is 16.0 Å². The first-order valence-electron chi connectivity index (χ1n) is 12.7. The molecule has 208 valence electrons. The Bertz CT molecular complexity index is 1030. The maximum absolute atomic E-state index is 12.9. The molecule has 10 heteroatoms. The fraction of sp³-hybridized carbons (Fsp3) is 0.464. The van der Waals surface area contributed by atoms with Crippen LogP contribution in [-0.2, 0) is 11.3 Å². The molecule has 2 aromatic carbocycles. The van der Waals surface area contributed by atoms with Crippen LogP contribution in [0.2, 0.25) is 0 Å². The largest absolute Gasteiger partial charge is 0.445 e. The van der Waals surface area contributed by atoms with E-state index in [4.69, 9.17) is 10.5 Å². The molecule has 38 heavy (non-hydrogen) atoms. The van der Waals surface area contributed by atoms with Crippen LogP contribution in [0.3, 0.4) is 0 Å². The number of carbonyl (C=O) groups excluding carboxylic acids is 1. The number of carbonyl (C=O) groups is 1. The van der Waals surface area contributed by atoms with Crippen molar-refractivity contribution in [2.24, 2.45) is 11.7 Å². The first kappa shape index (κ1) is 31.6. The quantitative estimate of drug-likeness (QED) is 0.243. The number of likely N-dealkylation sites (tertiary alicyclic amines) is 1. The molecule has 2 aliphatic rings. The number of rotatable bonds is 9. The summed E-state index contributed by atoms with van der Waals surface area (Å²) in [6, 6.07) is 17.1. The minimum Gasteiger partial charge on any atom is -0.445 e. The van der Waals surface area contributed by atoms with E-state index in [9.17, 15) is 14.9 Å². The van der Waals surface area contributed by atoms with Gasteiger partial charge in [-0.2, -0.15) is 0 Å². The fourth-order valence-electron chi connectivity index (χ4n) is 5.68. The first-order chi connectivity index (χ1) is 17.4. The number of hydrogen-bond donors (Lipinski definition) is 1. The lowest BCUT2D eigenvalue weighted by atomic mass is 9.88. The number of piperidine rings is 1. The number of nitro groups is 1. The summed E-state index contributed by atoms with van der Waals surface area (Å²) < 4.78 is 5.55. The Hall–Kier alpha value is -2.65. The van der Waals surface area contributed by atoms with E-state index in [1.807, 2.05) is 0 Å². The third-order valence-electron chi connectivity index (χ3n) is 7.52. The molecular formula is C28H38Cl2N4O4. The lowest BCUT2D eigenvalue weighted by Gasteiger charge is -2.39. The lowest BCUT2D eigenvalue weighted by molar-refractivity contribution is -0.384. The molecular weight excluding hydrogens is 527 g/mol. The molecule has 0 radical (unpaired) electrons. The third kappa shape index (κ3) is 8.17. The monoisotopic (exact) mass is 564 g/mol. The molecule has 4 rings (SSSR count). The standard InChI is InChI=1S/C28H36N4O4.2ClH/c1-2-14-31(28(33)36-20-21-8-10-26(11-9-21)32(34)35)25-12-15-30(16-13-25)19-23-17-24(29)18-27(23)22-6-4-3-5-7-22;;/h2-11,23-25,27H,1,12-20,29H2;2*1H/t23-,24+,27-;;/m1../s1. The van der Waals surface area contributed by atoms with Crippen molar-refractivity contribution in [3.63, 3.8) is 0 Å². The van der Waals surface area contributed by atoms with Crippen LogP contribution in [0.4, 0.5) is 10.5 Å². The average Bonchev–Trinajstić information content (AvgIpc) is 3.27. The van der Waals surface area contributed by atoms with E-state index in [2.05, 4.69) is 41.8 Å². The zero-order valence-electron chi connectivity index (χ0n) is 21.5. The predicted octanol–water partition coefficient (Wildman–Crippen LogP) is 5.55. The Morgan fingerprint density at radius 1 is 1.11 bits per heavy atom. The Balaban J connectivity index is 0.00000253. The van der Waals surface area contributed by atoms with Gasteiger partial charge in [0.1, 0.15) is 6.61 Å². The van der Waals surface area contributed by atoms with Crippen molar-refractivity contribution < 1.29 is 14.5 Å². The number of nitrogens with zero attached hydrogens (tertiary/aromatic N) is 3. The highest BCUT2D eigenvalue weighted by molar-refractivity contribution is 5.85. The molecule has 1 heterocycles. The molecule has 1 saturated heterocycles. The van der Waals surface area contributed by atoms with E-state index in [-0.39, 0.29) is 55.3 Å². The summed E-state index contributed by atoms with van der Waals surface area (Å²) in [6.07, 6.45) is 5.21. The van der Waals surface area contributed by atoms with Crippen LogP contribution in [0.25, 0.3) is 0 Å². The number of non-ortho nitro benzene ring substituents is 1. The van der Waals surface area contributed by atoms with Crippen molar-refractivity contribution in [2.75, 3.05) is 26.2 Å². The van der Waals surface area contributed by atoms with Gasteiger partial charge >= 0.3 is 6.09 Å². The second-order valence-electron chi connectivity index (χ2n) is 9.96. The second-order valence-corrected chi connectivity index (χ2v) is 9.96. The minimum atomic E-state index is -0.448. The lowest BCUT2D eigenvalue weighted by Crippen LogP contribution is -2.48. The summed E-state index contributed by atoms with van der Waals surface area (Å²) in [7, 11) is 0. The van der Waals surface area contributed by atoms with Gasteiger partial charge in [-0.05, 0) is 60.8 Å². The minimum absolute atomic E-state index is 0. The fourth-order valence-corrected chi connectivity index (χ4v) is 5.68. The highest BCUT2D eigenvalue weighted by atomic mass is 35.5. The van der Waals surface area contributed by atoms with Crippen LogP contribution in [0.1, 0.15) is 42.7 Å². The summed E-state index contributed by atoms with van der Waals surface area (Å²) in [5, 5.41) is 10.8. The van der Waals surface area contributed by atoms with Gasteiger partial charge in [0.2, 0.25) is 0 Å². The Morgan fingerprint density at radius 2 is 1.76 bits per heavy atom. The van der Waals surface area contributed by atoms with Crippen LogP contribution in [0.5, 0.6) is 0 Å². The number of ether oxygens (including phenoxy) is 1. The zero-order valence-corrected chi connectivity index (χ0v) is 23.2. The van der Waals surface area contributed by atoms with Gasteiger partial charge in [0, 0.05) is 50.4 Å². The highest BCUT2D eigenvalue weighted by Crippen LogP contribution is 2.39. The summed E-state index contributed by atoms with van der Waals surface area (Å²) in [5.41, 5.74) is 8.48. The summed E-state index contributed by atoms with van der Waals surface area (Å²) in [6.45, 7) is 7.21. The highest BCUT2D eigenvalue weighted by Gasteiger charge is 2.36. The first-order valence-corrected chi connectivity index (χ1v) is 12.7. The van der Waals surface area contributed by atoms with E-state index in [0.717, 1.165) is 45.3 Å². The van der Waals surface area contributed by atoms with Gasteiger partial charge in [-0.3, -0.25) is 10.1 Å². The zero-order chi connectivity index (χ0) is 25.5. The second kappa shape index (κ2) is 15.1. The molecule has 8 nitrogen and oxygen atoms in total. The van der Waals surface area contributed by atoms with Crippen LogP contribution in [-0.4, -0.2) is 59.1 Å². The SMILES string of the molecule is C=CCN(C(=O)OCc1ccc([N+](=O)[O-])cc1)C1CCN(C[C@H]2C[C@H](N)C[C@@H]2c2ccccc2)CC1.Cl.Cl. The molecule has 2 aromatic rings. The van der Waals surface area contributed by atoms with Crippen molar-refractivity contribution in [2.45, 2.75) is 50.3 Å². The van der Waals surface area contributed by atoms with E-state index >= 15 is 0 Å². The van der Waals surface area contributed by atoms with Crippen LogP contribution in [0.15, 0.2) is 67.3 Å². The van der Waals surface area contributed by atoms with E-state index in [1.54, 1.807) is 23.1 Å². The molecule has 1 aliphatic carbocycles. The number of amides is 1. The van der Waals surface area contributed by atoms with Crippen molar-refractivity contribution in [3.8, 4) is 0 Å². The third-order valence-corrected chi connectivity index (χ3v) is 7.52. The van der Waals surface area contributed by atoms with Crippen molar-refractivity contribution >= 4 is 36.6 Å². The van der Waals surface area contributed by atoms with Crippen LogP contribution >= 0.6 is 24.8 Å². The topological polar surface area (TPSA) is 102 Å².